The maximum atomic E-state index is 12.1. The highest BCUT2D eigenvalue weighted by Crippen LogP contribution is 2.16. The van der Waals surface area contributed by atoms with Gasteiger partial charge in [0.25, 0.3) is 0 Å². The highest BCUT2D eigenvalue weighted by Gasteiger charge is 2.33. The average molecular weight is 505 g/mol. The Morgan fingerprint density at radius 3 is 2.03 bits per heavy atom. The van der Waals surface area contributed by atoms with Gasteiger partial charge in [-0.3, -0.25) is 24.2 Å². The summed E-state index contributed by atoms with van der Waals surface area (Å²) in [5.74, 6) is -2.49. The molecule has 1 atom stereocenters. The van der Waals surface area contributed by atoms with Crippen molar-refractivity contribution < 1.29 is 38.9 Å². The zero-order valence-electron chi connectivity index (χ0n) is 20.4. The molecule has 0 saturated carbocycles. The Kier molecular flexibility index (Phi) is 11.0. The fraction of sp³-hybridized carbons (Fsp3) is 0.500. The number of aliphatic carboxylic acids is 2. The monoisotopic (exact) mass is 504 g/mol. The zero-order valence-corrected chi connectivity index (χ0v) is 20.4. The number of hydrogen-bond donors (Lipinski definition) is 2. The third-order valence-corrected chi connectivity index (χ3v) is 5.47. The predicted octanol–water partition coefficient (Wildman–Crippen LogP) is 0.632. The molecule has 12 heteroatoms. The first kappa shape index (κ1) is 28.4. The van der Waals surface area contributed by atoms with E-state index in [4.69, 9.17) is 14.9 Å². The first-order valence-electron chi connectivity index (χ1n) is 11.6. The van der Waals surface area contributed by atoms with Gasteiger partial charge in [-0.05, 0) is 12.1 Å². The molecule has 1 aromatic heterocycles. The molecule has 2 amide bonds. The van der Waals surface area contributed by atoms with E-state index in [1.165, 1.54) is 4.90 Å². The number of piperazine rings is 1. The molecule has 2 N–H and O–H groups in total. The van der Waals surface area contributed by atoms with Crippen molar-refractivity contribution >= 4 is 35.5 Å². The standard InChI is InChI=1S/C20H28N4O4.C4H4O4/c1-15(2)20(27)28-16(14-24-18(25)6-7-19(24)26)13-22-9-11-23(12-10-22)17-5-3-4-8-21-17;5-3(6)1-2-4(7)8/h3-5,8,15-16H,6-7,9-14H2,1-2H3;1-2H,(H,5,6)(H,7,8)/b;2-1-. The van der Waals surface area contributed by atoms with Gasteiger partial charge < -0.3 is 19.8 Å². The molecule has 0 radical (unpaired) electrons. The normalized spacial score (nSPS) is 17.2. The lowest BCUT2D eigenvalue weighted by atomic mass is 10.2. The molecule has 2 aliphatic rings. The molecule has 0 aliphatic carbocycles. The zero-order chi connectivity index (χ0) is 26.7. The average Bonchev–Trinajstić information content (AvgIpc) is 3.16. The van der Waals surface area contributed by atoms with Gasteiger partial charge in [0, 0.05) is 63.9 Å². The maximum absolute atomic E-state index is 12.1. The second kappa shape index (κ2) is 13.9. The molecule has 3 heterocycles. The second-order valence-electron chi connectivity index (χ2n) is 8.60. The fourth-order valence-corrected chi connectivity index (χ4v) is 3.59. The van der Waals surface area contributed by atoms with Crippen LogP contribution in [0, 0.1) is 5.92 Å². The highest BCUT2D eigenvalue weighted by atomic mass is 16.5. The molecule has 2 saturated heterocycles. The minimum Gasteiger partial charge on any atom is -0.478 e. The Bertz CT molecular complexity index is 926. The van der Waals surface area contributed by atoms with Crippen LogP contribution in [0.2, 0.25) is 0 Å². The number of imide groups is 1. The number of hydrogen-bond acceptors (Lipinski definition) is 9. The van der Waals surface area contributed by atoms with Gasteiger partial charge in [-0.15, -0.1) is 0 Å². The smallest absolute Gasteiger partial charge is 0.328 e. The van der Waals surface area contributed by atoms with Crippen molar-refractivity contribution in [2.75, 3.05) is 44.2 Å². The molecule has 0 aromatic carbocycles. The van der Waals surface area contributed by atoms with Crippen molar-refractivity contribution in [2.45, 2.75) is 32.8 Å². The van der Waals surface area contributed by atoms with Gasteiger partial charge in [-0.25, -0.2) is 14.6 Å². The van der Waals surface area contributed by atoms with Crippen molar-refractivity contribution in [1.29, 1.82) is 0 Å². The number of carboxylic acid groups (broad SMARTS) is 2. The summed E-state index contributed by atoms with van der Waals surface area (Å²) in [5, 5.41) is 15.6. The number of likely N-dealkylation sites (tertiary alicyclic amines) is 1. The number of carboxylic acids is 2. The van der Waals surface area contributed by atoms with Crippen LogP contribution in [-0.4, -0.2) is 100 Å². The van der Waals surface area contributed by atoms with E-state index in [1.807, 2.05) is 18.2 Å². The molecular formula is C24H32N4O8. The van der Waals surface area contributed by atoms with Crippen LogP contribution in [0.4, 0.5) is 5.82 Å². The van der Waals surface area contributed by atoms with E-state index in [2.05, 4.69) is 14.8 Å². The third-order valence-electron chi connectivity index (χ3n) is 5.47. The van der Waals surface area contributed by atoms with Crippen molar-refractivity contribution in [3.8, 4) is 0 Å². The molecule has 0 spiro atoms. The van der Waals surface area contributed by atoms with Crippen molar-refractivity contribution in [1.82, 2.24) is 14.8 Å². The van der Waals surface area contributed by atoms with Crippen LogP contribution >= 0.6 is 0 Å². The van der Waals surface area contributed by atoms with Crippen LogP contribution in [-0.2, 0) is 28.7 Å². The van der Waals surface area contributed by atoms with Crippen molar-refractivity contribution in [2.24, 2.45) is 5.92 Å². The highest BCUT2D eigenvalue weighted by molar-refractivity contribution is 6.02. The van der Waals surface area contributed by atoms with Gasteiger partial charge >= 0.3 is 17.9 Å². The van der Waals surface area contributed by atoms with E-state index < -0.39 is 18.0 Å². The molecule has 2 aliphatic heterocycles. The molecule has 3 rings (SSSR count). The summed E-state index contributed by atoms with van der Waals surface area (Å²) in [5.41, 5.74) is 0. The van der Waals surface area contributed by atoms with Crippen LogP contribution in [0.15, 0.2) is 36.5 Å². The summed E-state index contributed by atoms with van der Waals surface area (Å²) in [4.78, 5) is 65.2. The number of carbonyl (C=O) groups excluding carboxylic acids is 3. The number of carbonyl (C=O) groups is 5. The lowest BCUT2D eigenvalue weighted by Crippen LogP contribution is -2.51. The van der Waals surface area contributed by atoms with E-state index in [9.17, 15) is 24.0 Å². The number of ether oxygens (including phenoxy) is 1. The Hall–Kier alpha value is -3.80. The van der Waals surface area contributed by atoms with E-state index in [1.54, 1.807) is 20.0 Å². The summed E-state index contributed by atoms with van der Waals surface area (Å²) >= 11 is 0. The third kappa shape index (κ3) is 9.45. The molecule has 0 bridgehead atoms. The van der Waals surface area contributed by atoms with Gasteiger partial charge in [0.1, 0.15) is 11.9 Å². The summed E-state index contributed by atoms with van der Waals surface area (Å²) in [6.45, 7) is 7.44. The molecule has 12 nitrogen and oxygen atoms in total. The summed E-state index contributed by atoms with van der Waals surface area (Å²) in [6, 6.07) is 5.86. The number of rotatable bonds is 9. The number of anilines is 1. The van der Waals surface area contributed by atoms with Gasteiger partial charge in [0.2, 0.25) is 11.8 Å². The van der Waals surface area contributed by atoms with Gasteiger partial charge in [0.05, 0.1) is 12.5 Å². The molecule has 196 valence electrons. The molecular weight excluding hydrogens is 472 g/mol. The summed E-state index contributed by atoms with van der Waals surface area (Å²) < 4.78 is 5.63. The topological polar surface area (TPSA) is 158 Å². The Balaban J connectivity index is 0.000000493. The van der Waals surface area contributed by atoms with Gasteiger partial charge in [-0.1, -0.05) is 19.9 Å². The van der Waals surface area contributed by atoms with E-state index >= 15 is 0 Å². The van der Waals surface area contributed by atoms with E-state index in [0.29, 0.717) is 18.7 Å². The SMILES string of the molecule is CC(C)C(=O)OC(CN1CCN(c2ccccn2)CC1)CN1C(=O)CCC1=O.O=C(O)/C=C\C(=O)O. The van der Waals surface area contributed by atoms with Crippen LogP contribution in [0.3, 0.4) is 0 Å². The number of aromatic nitrogens is 1. The summed E-state index contributed by atoms with van der Waals surface area (Å²) in [6.07, 6.45) is 2.87. The van der Waals surface area contributed by atoms with Crippen LogP contribution in [0.25, 0.3) is 0 Å². The van der Waals surface area contributed by atoms with Gasteiger partial charge in [0.15, 0.2) is 0 Å². The van der Waals surface area contributed by atoms with Crippen LogP contribution < -0.4 is 4.90 Å². The van der Waals surface area contributed by atoms with E-state index in [-0.39, 0.29) is 43.1 Å². The van der Waals surface area contributed by atoms with Crippen molar-refractivity contribution in [3.63, 3.8) is 0 Å². The maximum Gasteiger partial charge on any atom is 0.328 e. The number of nitrogens with zero attached hydrogens (tertiary/aromatic N) is 4. The second-order valence-corrected chi connectivity index (χ2v) is 8.60. The first-order chi connectivity index (χ1) is 17.1. The lowest BCUT2D eigenvalue weighted by Gasteiger charge is -2.37. The molecule has 2 fully saturated rings. The van der Waals surface area contributed by atoms with Crippen molar-refractivity contribution in [3.05, 3.63) is 36.5 Å². The number of amides is 2. The molecule has 1 aromatic rings. The first-order valence-corrected chi connectivity index (χ1v) is 11.6. The number of esters is 1. The Morgan fingerprint density at radius 1 is 0.972 bits per heavy atom. The minimum atomic E-state index is -1.26. The molecule has 36 heavy (non-hydrogen) atoms. The van der Waals surface area contributed by atoms with Gasteiger partial charge in [-0.2, -0.15) is 0 Å². The largest absolute Gasteiger partial charge is 0.478 e. The van der Waals surface area contributed by atoms with E-state index in [0.717, 1.165) is 32.0 Å². The fourth-order valence-electron chi connectivity index (χ4n) is 3.59. The lowest BCUT2D eigenvalue weighted by molar-refractivity contribution is -0.158. The predicted molar refractivity (Wildman–Crippen MR) is 128 cm³/mol. The Morgan fingerprint density at radius 2 is 1.56 bits per heavy atom. The van der Waals surface area contributed by atoms with Crippen LogP contribution in [0.1, 0.15) is 26.7 Å². The van der Waals surface area contributed by atoms with Crippen LogP contribution in [0.5, 0.6) is 0 Å². The summed E-state index contributed by atoms with van der Waals surface area (Å²) in [7, 11) is 0. The minimum absolute atomic E-state index is 0.135. The molecule has 1 unspecified atom stereocenters. The Labute approximate surface area is 209 Å². The quantitative estimate of drug-likeness (QED) is 0.276. The number of pyridine rings is 1.